The number of ether oxygens (including phenoxy) is 1. The first-order valence-electron chi connectivity index (χ1n) is 13.9. The topological polar surface area (TPSA) is 110 Å². The molecular formula is C31H34N6O4. The summed E-state index contributed by atoms with van der Waals surface area (Å²) in [5.74, 6) is 0.447. The second-order valence-corrected chi connectivity index (χ2v) is 11.8. The summed E-state index contributed by atoms with van der Waals surface area (Å²) in [5, 5.41) is 3.24. The molecule has 3 aromatic heterocycles. The molecule has 3 aromatic rings. The molecule has 41 heavy (non-hydrogen) atoms. The Kier molecular flexibility index (Phi) is 6.63. The van der Waals surface area contributed by atoms with E-state index in [1.54, 1.807) is 35.4 Å². The molecule has 1 N–H and O–H groups in total. The van der Waals surface area contributed by atoms with Gasteiger partial charge in [-0.05, 0) is 59.2 Å². The number of nitrogens with zero attached hydrogens (tertiary/aromatic N) is 5. The van der Waals surface area contributed by atoms with Gasteiger partial charge in [0.2, 0.25) is 5.91 Å². The molecule has 3 aliphatic rings. The summed E-state index contributed by atoms with van der Waals surface area (Å²) in [6.45, 7) is 6.96. The summed E-state index contributed by atoms with van der Waals surface area (Å²) in [6.07, 6.45) is 7.43. The third-order valence-electron chi connectivity index (χ3n) is 8.09. The maximum Gasteiger partial charge on any atom is 0.302 e. The van der Waals surface area contributed by atoms with Gasteiger partial charge in [-0.2, -0.15) is 0 Å². The van der Waals surface area contributed by atoms with Crippen molar-refractivity contribution >= 4 is 35.0 Å². The van der Waals surface area contributed by atoms with Crippen LogP contribution in [0.2, 0.25) is 0 Å². The molecule has 10 heteroatoms. The van der Waals surface area contributed by atoms with Crippen LogP contribution in [0.1, 0.15) is 60.1 Å². The fourth-order valence-corrected chi connectivity index (χ4v) is 6.27. The average molecular weight is 555 g/mol. The van der Waals surface area contributed by atoms with E-state index in [-0.39, 0.29) is 23.8 Å². The summed E-state index contributed by atoms with van der Waals surface area (Å²) < 4.78 is 7.65. The van der Waals surface area contributed by atoms with Gasteiger partial charge >= 0.3 is 5.97 Å². The molecule has 0 saturated heterocycles. The zero-order valence-electron chi connectivity index (χ0n) is 23.8. The molecule has 6 rings (SSSR count). The quantitative estimate of drug-likeness (QED) is 0.462. The first kappa shape index (κ1) is 26.7. The number of rotatable bonds is 6. The van der Waals surface area contributed by atoms with E-state index in [1.165, 1.54) is 18.2 Å². The third kappa shape index (κ3) is 4.98. The fraction of sp³-hybridized carbons (Fsp3) is 0.387. The Labute approximate surface area is 239 Å². The monoisotopic (exact) mass is 554 g/mol. The molecule has 0 fully saturated rings. The van der Waals surface area contributed by atoms with Crippen molar-refractivity contribution in [1.82, 2.24) is 19.4 Å². The number of hydrogen-bond donors (Lipinski definition) is 1. The number of aromatic nitrogens is 3. The van der Waals surface area contributed by atoms with E-state index in [1.807, 2.05) is 30.3 Å². The first-order chi connectivity index (χ1) is 19.6. The standard InChI is InChI=1S/C31H34N6O4/c1-19(38)41-18-23-22(21-13-24(29(39)35(4)17-21)34-27-7-5-6-9-32-27)8-10-33-28(23)37-12-11-36-25(30(37)40)14-20-15-31(2,3)16-26(20)36/h5-10,14,17,24H,11-13,15-16,18H2,1-4H3,(H,32,34). The Morgan fingerprint density at radius 3 is 2.71 bits per heavy atom. The summed E-state index contributed by atoms with van der Waals surface area (Å²) in [6, 6.07) is 8.83. The van der Waals surface area contributed by atoms with Crippen LogP contribution >= 0.6 is 0 Å². The van der Waals surface area contributed by atoms with Crippen LogP contribution in [0.15, 0.2) is 48.9 Å². The number of fused-ring (bicyclic) bond motifs is 3. The van der Waals surface area contributed by atoms with E-state index >= 15 is 0 Å². The molecule has 1 atom stereocenters. The van der Waals surface area contributed by atoms with Gasteiger partial charge in [0.25, 0.3) is 5.91 Å². The lowest BCUT2D eigenvalue weighted by atomic mass is 9.90. The van der Waals surface area contributed by atoms with Gasteiger partial charge in [-0.25, -0.2) is 9.97 Å². The predicted molar refractivity (Wildman–Crippen MR) is 154 cm³/mol. The molecule has 0 spiro atoms. The molecule has 1 aliphatic carbocycles. The van der Waals surface area contributed by atoms with Crippen LogP contribution in [-0.4, -0.2) is 56.9 Å². The van der Waals surface area contributed by atoms with Gasteiger partial charge < -0.3 is 19.5 Å². The second kappa shape index (κ2) is 10.2. The normalized spacial score (nSPS) is 19.5. The highest BCUT2D eigenvalue weighted by Crippen LogP contribution is 2.40. The van der Waals surface area contributed by atoms with Crippen LogP contribution in [-0.2, 0) is 40.3 Å². The third-order valence-corrected chi connectivity index (χ3v) is 8.09. The van der Waals surface area contributed by atoms with Crippen LogP contribution in [0.25, 0.3) is 5.57 Å². The number of anilines is 2. The maximum atomic E-state index is 13.9. The van der Waals surface area contributed by atoms with Gasteiger partial charge in [-0.3, -0.25) is 19.3 Å². The van der Waals surface area contributed by atoms with Crippen LogP contribution in [0, 0.1) is 5.41 Å². The van der Waals surface area contributed by atoms with Crippen LogP contribution in [0.5, 0.6) is 0 Å². The van der Waals surface area contributed by atoms with Gasteiger partial charge in [-0.1, -0.05) is 19.9 Å². The van der Waals surface area contributed by atoms with E-state index in [4.69, 9.17) is 4.74 Å². The summed E-state index contributed by atoms with van der Waals surface area (Å²) in [7, 11) is 1.71. The van der Waals surface area contributed by atoms with E-state index in [9.17, 15) is 14.4 Å². The number of nitrogens with one attached hydrogen (secondary N) is 1. The molecule has 0 bridgehead atoms. The van der Waals surface area contributed by atoms with E-state index in [2.05, 4.69) is 33.7 Å². The number of hydrogen-bond acceptors (Lipinski definition) is 7. The Morgan fingerprint density at radius 1 is 1.12 bits per heavy atom. The molecule has 2 amide bonds. The lowest BCUT2D eigenvalue weighted by Gasteiger charge is -2.32. The van der Waals surface area contributed by atoms with Gasteiger partial charge in [0.15, 0.2) is 0 Å². The average Bonchev–Trinajstić information content (AvgIpc) is 3.43. The molecule has 0 radical (unpaired) electrons. The Bertz CT molecular complexity index is 1570. The molecule has 10 nitrogen and oxygen atoms in total. The van der Waals surface area contributed by atoms with Crippen molar-refractivity contribution in [2.45, 2.75) is 59.2 Å². The lowest BCUT2D eigenvalue weighted by molar-refractivity contribution is -0.142. The Morgan fingerprint density at radius 2 is 1.95 bits per heavy atom. The minimum Gasteiger partial charge on any atom is -0.461 e. The number of carbonyl (C=O) groups is 3. The minimum atomic E-state index is -0.542. The van der Waals surface area contributed by atoms with Crippen LogP contribution < -0.4 is 10.2 Å². The molecule has 0 aromatic carbocycles. The zero-order chi connectivity index (χ0) is 28.9. The van der Waals surface area contributed by atoms with E-state index < -0.39 is 12.0 Å². The van der Waals surface area contributed by atoms with Crippen molar-refractivity contribution in [2.75, 3.05) is 23.8 Å². The maximum absolute atomic E-state index is 13.9. The molecule has 5 heterocycles. The van der Waals surface area contributed by atoms with Crippen molar-refractivity contribution in [3.8, 4) is 0 Å². The number of likely N-dealkylation sites (N-methyl/N-ethyl adjacent to an activating group) is 1. The van der Waals surface area contributed by atoms with Crippen LogP contribution in [0.4, 0.5) is 11.6 Å². The smallest absolute Gasteiger partial charge is 0.302 e. The highest BCUT2D eigenvalue weighted by molar-refractivity contribution is 6.06. The van der Waals surface area contributed by atoms with Crippen molar-refractivity contribution in [2.24, 2.45) is 5.41 Å². The Hall–Kier alpha value is -4.47. The zero-order valence-corrected chi connectivity index (χ0v) is 23.8. The summed E-state index contributed by atoms with van der Waals surface area (Å²) >= 11 is 0. The number of pyridine rings is 2. The molecule has 1 unspecified atom stereocenters. The van der Waals surface area contributed by atoms with Crippen LogP contribution in [0.3, 0.4) is 0 Å². The van der Waals surface area contributed by atoms with E-state index in [0.29, 0.717) is 42.4 Å². The lowest BCUT2D eigenvalue weighted by Crippen LogP contribution is -2.42. The van der Waals surface area contributed by atoms with E-state index in [0.717, 1.165) is 24.0 Å². The number of amides is 2. The number of carbonyl (C=O) groups excluding carboxylic acids is 3. The van der Waals surface area contributed by atoms with Gasteiger partial charge in [0, 0.05) is 63.3 Å². The highest BCUT2D eigenvalue weighted by Gasteiger charge is 2.38. The second-order valence-electron chi connectivity index (χ2n) is 11.8. The minimum absolute atomic E-state index is 0.0450. The largest absolute Gasteiger partial charge is 0.461 e. The summed E-state index contributed by atoms with van der Waals surface area (Å²) in [5.41, 5.74) is 5.65. The molecule has 2 aliphatic heterocycles. The van der Waals surface area contributed by atoms with Crippen molar-refractivity contribution in [1.29, 1.82) is 0 Å². The SMILES string of the molecule is CC(=O)OCc1c(C2=CN(C)C(=O)C(Nc3ccccn3)C2)ccnc1N1CCn2c(cc3c2CC(C)(C)C3)C1=O. The van der Waals surface area contributed by atoms with Crippen molar-refractivity contribution < 1.29 is 19.1 Å². The summed E-state index contributed by atoms with van der Waals surface area (Å²) in [4.78, 5) is 51.0. The van der Waals surface area contributed by atoms with Crippen molar-refractivity contribution in [3.63, 3.8) is 0 Å². The van der Waals surface area contributed by atoms with Gasteiger partial charge in [-0.15, -0.1) is 0 Å². The highest BCUT2D eigenvalue weighted by atomic mass is 16.5. The van der Waals surface area contributed by atoms with Gasteiger partial charge in [0.05, 0.1) is 0 Å². The molecule has 0 saturated carbocycles. The molecule has 212 valence electrons. The molecular weight excluding hydrogens is 520 g/mol. The van der Waals surface area contributed by atoms with Crippen molar-refractivity contribution in [3.05, 3.63) is 77.0 Å². The fourth-order valence-electron chi connectivity index (χ4n) is 6.27. The number of esters is 1. The van der Waals surface area contributed by atoms with Gasteiger partial charge in [0.1, 0.15) is 30.0 Å². The Balaban J connectivity index is 1.35. The predicted octanol–water partition coefficient (Wildman–Crippen LogP) is 3.81. The first-order valence-corrected chi connectivity index (χ1v) is 13.9.